The number of nitrogens with zero attached hydrogens (tertiary/aromatic N) is 1. The van der Waals surface area contributed by atoms with Crippen molar-refractivity contribution in [1.29, 1.82) is 0 Å². The number of nitrogens with one attached hydrogen (secondary N) is 2. The highest BCUT2D eigenvalue weighted by Crippen LogP contribution is 2.31. The number of sulfonamides is 1. The SMILES string of the molecule is CCOc1ccc(NC(=O)CNC(=O)c2ccc(F)cc2F)cc1S(=O)(=O)N1CCCCC1. The number of carbonyl (C=O) groups is 2. The number of rotatable bonds is 8. The summed E-state index contributed by atoms with van der Waals surface area (Å²) < 4.78 is 59.9. The van der Waals surface area contributed by atoms with Crippen LogP contribution in [0.4, 0.5) is 14.5 Å². The highest BCUT2D eigenvalue weighted by molar-refractivity contribution is 7.89. The second kappa shape index (κ2) is 10.7. The molecule has 0 bridgehead atoms. The summed E-state index contributed by atoms with van der Waals surface area (Å²) in [5.74, 6) is -3.24. The molecule has 1 aliphatic heterocycles. The second-order valence-corrected chi connectivity index (χ2v) is 9.32. The van der Waals surface area contributed by atoms with Crippen LogP contribution in [0.1, 0.15) is 36.5 Å². The predicted molar refractivity (Wildman–Crippen MR) is 118 cm³/mol. The van der Waals surface area contributed by atoms with E-state index in [0.29, 0.717) is 19.2 Å². The third-order valence-corrected chi connectivity index (χ3v) is 6.97. The van der Waals surface area contributed by atoms with Gasteiger partial charge in [0, 0.05) is 24.8 Å². The molecule has 0 saturated carbocycles. The Morgan fingerprint density at radius 3 is 2.45 bits per heavy atom. The van der Waals surface area contributed by atoms with E-state index in [1.54, 1.807) is 6.92 Å². The molecule has 0 unspecified atom stereocenters. The molecule has 0 atom stereocenters. The summed E-state index contributed by atoms with van der Waals surface area (Å²) >= 11 is 0. The van der Waals surface area contributed by atoms with Gasteiger partial charge in [-0.3, -0.25) is 9.59 Å². The molecule has 1 heterocycles. The minimum absolute atomic E-state index is 0.0542. The summed E-state index contributed by atoms with van der Waals surface area (Å²) in [6, 6.07) is 6.74. The van der Waals surface area contributed by atoms with E-state index >= 15 is 0 Å². The number of ether oxygens (including phenoxy) is 1. The van der Waals surface area contributed by atoms with Gasteiger partial charge in [0.05, 0.1) is 18.7 Å². The van der Waals surface area contributed by atoms with Crippen LogP contribution >= 0.6 is 0 Å². The van der Waals surface area contributed by atoms with E-state index in [1.807, 2.05) is 0 Å². The van der Waals surface area contributed by atoms with Gasteiger partial charge in [0.25, 0.3) is 5.91 Å². The molecule has 3 rings (SSSR count). The quantitative estimate of drug-likeness (QED) is 0.603. The van der Waals surface area contributed by atoms with Crippen LogP contribution in [0.5, 0.6) is 5.75 Å². The summed E-state index contributed by atoms with van der Waals surface area (Å²) in [6.07, 6.45) is 2.51. The molecule has 2 N–H and O–H groups in total. The number of amides is 2. The predicted octanol–water partition coefficient (Wildman–Crippen LogP) is 2.91. The van der Waals surface area contributed by atoms with Gasteiger partial charge in [-0.1, -0.05) is 6.42 Å². The van der Waals surface area contributed by atoms with Gasteiger partial charge in [-0.15, -0.1) is 0 Å². The summed E-state index contributed by atoms with van der Waals surface area (Å²) in [5.41, 5.74) is -0.207. The van der Waals surface area contributed by atoms with Crippen molar-refractivity contribution in [2.24, 2.45) is 0 Å². The van der Waals surface area contributed by atoms with E-state index < -0.39 is 45.6 Å². The van der Waals surface area contributed by atoms with E-state index in [1.165, 1.54) is 22.5 Å². The lowest BCUT2D eigenvalue weighted by atomic mass is 10.2. The van der Waals surface area contributed by atoms with Crippen molar-refractivity contribution >= 4 is 27.5 Å². The van der Waals surface area contributed by atoms with Crippen molar-refractivity contribution in [3.8, 4) is 5.75 Å². The number of piperidine rings is 1. The molecular weight excluding hydrogens is 456 g/mol. The first-order chi connectivity index (χ1) is 15.7. The first kappa shape index (κ1) is 24.6. The second-order valence-electron chi connectivity index (χ2n) is 7.41. The third-order valence-electron chi connectivity index (χ3n) is 5.05. The van der Waals surface area contributed by atoms with Crippen molar-refractivity contribution in [3.05, 3.63) is 53.6 Å². The first-order valence-corrected chi connectivity index (χ1v) is 12.0. The summed E-state index contributed by atoms with van der Waals surface area (Å²) in [6.45, 7) is 2.32. The molecule has 0 spiro atoms. The van der Waals surface area contributed by atoms with Crippen molar-refractivity contribution in [1.82, 2.24) is 9.62 Å². The molecule has 8 nitrogen and oxygen atoms in total. The molecule has 1 fully saturated rings. The number of hydrogen-bond acceptors (Lipinski definition) is 5. The standard InChI is InChI=1S/C22H25F2N3O5S/c1-2-32-19-9-7-16(13-20(19)33(30,31)27-10-4-3-5-11-27)26-21(28)14-25-22(29)17-8-6-15(23)12-18(17)24/h6-9,12-13H,2-5,10-11,14H2,1H3,(H,25,29)(H,26,28). The Morgan fingerprint density at radius 1 is 1.06 bits per heavy atom. The maximum Gasteiger partial charge on any atom is 0.254 e. The zero-order valence-corrected chi connectivity index (χ0v) is 18.9. The molecule has 0 radical (unpaired) electrons. The molecular formula is C22H25F2N3O5S. The Morgan fingerprint density at radius 2 is 1.79 bits per heavy atom. The van der Waals surface area contributed by atoms with E-state index in [-0.39, 0.29) is 22.9 Å². The van der Waals surface area contributed by atoms with Crippen LogP contribution < -0.4 is 15.4 Å². The van der Waals surface area contributed by atoms with Crippen LogP contribution in [-0.2, 0) is 14.8 Å². The number of anilines is 1. The summed E-state index contributed by atoms with van der Waals surface area (Å²) in [7, 11) is -3.83. The van der Waals surface area contributed by atoms with Gasteiger partial charge in [0.2, 0.25) is 15.9 Å². The molecule has 1 saturated heterocycles. The maximum atomic E-state index is 13.7. The monoisotopic (exact) mass is 481 g/mol. The van der Waals surface area contributed by atoms with Gasteiger partial charge in [-0.05, 0) is 50.1 Å². The molecule has 0 aromatic heterocycles. The topological polar surface area (TPSA) is 105 Å². The molecule has 11 heteroatoms. The van der Waals surface area contributed by atoms with E-state index in [0.717, 1.165) is 31.4 Å². The smallest absolute Gasteiger partial charge is 0.254 e. The Kier molecular flexibility index (Phi) is 7.98. The number of benzene rings is 2. The van der Waals surface area contributed by atoms with Crippen LogP contribution in [0.25, 0.3) is 0 Å². The molecule has 1 aliphatic rings. The van der Waals surface area contributed by atoms with Gasteiger partial charge in [0.1, 0.15) is 22.3 Å². The fraction of sp³-hybridized carbons (Fsp3) is 0.364. The molecule has 2 aromatic carbocycles. The lowest BCUT2D eigenvalue weighted by molar-refractivity contribution is -0.115. The minimum Gasteiger partial charge on any atom is -0.492 e. The number of halogens is 2. The van der Waals surface area contributed by atoms with Crippen molar-refractivity contribution < 1.29 is 31.5 Å². The number of hydrogen-bond donors (Lipinski definition) is 2. The lowest BCUT2D eigenvalue weighted by Crippen LogP contribution is -2.36. The lowest BCUT2D eigenvalue weighted by Gasteiger charge is -2.27. The molecule has 33 heavy (non-hydrogen) atoms. The molecule has 2 amide bonds. The summed E-state index contributed by atoms with van der Waals surface area (Å²) in [5, 5.41) is 4.75. The van der Waals surface area contributed by atoms with Crippen LogP contribution in [0, 0.1) is 11.6 Å². The van der Waals surface area contributed by atoms with Crippen LogP contribution in [0.2, 0.25) is 0 Å². The fourth-order valence-corrected chi connectivity index (χ4v) is 5.12. The largest absolute Gasteiger partial charge is 0.492 e. The fourth-order valence-electron chi connectivity index (χ4n) is 3.44. The maximum absolute atomic E-state index is 13.7. The Bertz CT molecular complexity index is 1130. The van der Waals surface area contributed by atoms with Gasteiger partial charge < -0.3 is 15.4 Å². The summed E-state index contributed by atoms with van der Waals surface area (Å²) in [4.78, 5) is 24.3. The van der Waals surface area contributed by atoms with Gasteiger partial charge in [-0.25, -0.2) is 17.2 Å². The minimum atomic E-state index is -3.83. The molecule has 2 aromatic rings. The van der Waals surface area contributed by atoms with Crippen molar-refractivity contribution in [2.45, 2.75) is 31.1 Å². The van der Waals surface area contributed by atoms with Crippen LogP contribution in [0.3, 0.4) is 0 Å². The number of carbonyl (C=O) groups excluding carboxylic acids is 2. The van der Waals surface area contributed by atoms with Crippen LogP contribution in [0.15, 0.2) is 41.3 Å². The van der Waals surface area contributed by atoms with Crippen molar-refractivity contribution in [2.75, 3.05) is 31.6 Å². The Balaban J connectivity index is 1.72. The highest BCUT2D eigenvalue weighted by atomic mass is 32.2. The van der Waals surface area contributed by atoms with Crippen LogP contribution in [-0.4, -0.2) is 50.8 Å². The van der Waals surface area contributed by atoms with Crippen molar-refractivity contribution in [3.63, 3.8) is 0 Å². The van der Waals surface area contributed by atoms with E-state index in [4.69, 9.17) is 4.74 Å². The Labute approximate surface area is 191 Å². The van der Waals surface area contributed by atoms with Gasteiger partial charge >= 0.3 is 0 Å². The third kappa shape index (κ3) is 6.05. The highest BCUT2D eigenvalue weighted by Gasteiger charge is 2.29. The van der Waals surface area contributed by atoms with E-state index in [9.17, 15) is 26.8 Å². The first-order valence-electron chi connectivity index (χ1n) is 10.5. The zero-order chi connectivity index (χ0) is 24.0. The average molecular weight is 482 g/mol. The van der Waals surface area contributed by atoms with E-state index in [2.05, 4.69) is 10.6 Å². The zero-order valence-electron chi connectivity index (χ0n) is 18.1. The van der Waals surface area contributed by atoms with Gasteiger partial charge in [0.15, 0.2) is 0 Å². The average Bonchev–Trinajstić information content (AvgIpc) is 2.79. The normalized spacial score (nSPS) is 14.5. The Hall–Kier alpha value is -3.05. The van der Waals surface area contributed by atoms with Gasteiger partial charge in [-0.2, -0.15) is 4.31 Å². The molecule has 0 aliphatic carbocycles. The molecule has 178 valence electrons.